The number of hydrogen-bond acceptors (Lipinski definition) is 3. The highest BCUT2D eigenvalue weighted by Gasteiger charge is 2.04. The number of nitrogen functional groups attached to an aromatic ring is 1. The lowest BCUT2D eigenvalue weighted by molar-refractivity contribution is 0.410. The summed E-state index contributed by atoms with van der Waals surface area (Å²) in [5.74, 6) is 0.436. The molecule has 19 heavy (non-hydrogen) atoms. The molecule has 0 amide bonds. The highest BCUT2D eigenvalue weighted by molar-refractivity contribution is 5.64. The van der Waals surface area contributed by atoms with Gasteiger partial charge in [-0.25, -0.2) is 4.39 Å². The maximum Gasteiger partial charge on any atom is 0.148 e. The van der Waals surface area contributed by atoms with E-state index >= 15 is 0 Å². The maximum absolute atomic E-state index is 13.4. The molecule has 0 fully saturated rings. The summed E-state index contributed by atoms with van der Waals surface area (Å²) in [5.41, 5.74) is 8.25. The highest BCUT2D eigenvalue weighted by atomic mass is 19.1. The number of nitrogens with one attached hydrogen (secondary N) is 1. The molecule has 0 heterocycles. The third kappa shape index (κ3) is 2.96. The van der Waals surface area contributed by atoms with Gasteiger partial charge in [0, 0.05) is 11.4 Å². The van der Waals surface area contributed by atoms with Gasteiger partial charge in [-0.15, -0.1) is 0 Å². The summed E-state index contributed by atoms with van der Waals surface area (Å²) in [6, 6.07) is 10.5. The van der Waals surface area contributed by atoms with Gasteiger partial charge in [-0.05, 0) is 48.4 Å². The van der Waals surface area contributed by atoms with Crippen molar-refractivity contribution < 1.29 is 9.13 Å². The van der Waals surface area contributed by atoms with E-state index in [9.17, 15) is 4.39 Å². The van der Waals surface area contributed by atoms with Crippen LogP contribution in [-0.2, 0) is 6.42 Å². The number of halogens is 1. The first-order valence-corrected chi connectivity index (χ1v) is 6.13. The zero-order valence-electron chi connectivity index (χ0n) is 11.0. The van der Waals surface area contributed by atoms with Crippen LogP contribution in [0.5, 0.6) is 5.75 Å². The summed E-state index contributed by atoms with van der Waals surface area (Å²) in [6.07, 6.45) is 0.870. The van der Waals surface area contributed by atoms with Gasteiger partial charge < -0.3 is 15.8 Å². The zero-order valence-corrected chi connectivity index (χ0v) is 11.0. The van der Waals surface area contributed by atoms with Crippen LogP contribution in [0.4, 0.5) is 21.5 Å². The van der Waals surface area contributed by atoms with Crippen LogP contribution in [0.2, 0.25) is 0 Å². The minimum Gasteiger partial charge on any atom is -0.496 e. The van der Waals surface area contributed by atoms with Gasteiger partial charge in [0.1, 0.15) is 11.6 Å². The number of aryl methyl sites for hydroxylation is 1. The van der Waals surface area contributed by atoms with E-state index in [1.54, 1.807) is 19.2 Å². The number of benzene rings is 2. The fourth-order valence-corrected chi connectivity index (χ4v) is 1.90. The molecule has 0 aliphatic rings. The smallest absolute Gasteiger partial charge is 0.148 e. The van der Waals surface area contributed by atoms with Crippen molar-refractivity contribution in [3.05, 3.63) is 47.8 Å². The molecule has 0 bridgehead atoms. The molecule has 3 nitrogen and oxygen atoms in total. The van der Waals surface area contributed by atoms with Gasteiger partial charge in [-0.3, -0.25) is 0 Å². The van der Waals surface area contributed by atoms with Gasteiger partial charge in [0.2, 0.25) is 0 Å². The fourth-order valence-electron chi connectivity index (χ4n) is 1.90. The van der Waals surface area contributed by atoms with Gasteiger partial charge in [0.05, 0.1) is 12.8 Å². The van der Waals surface area contributed by atoms with Crippen molar-refractivity contribution in [1.82, 2.24) is 0 Å². The third-order valence-corrected chi connectivity index (χ3v) is 2.95. The Balaban J connectivity index is 2.25. The van der Waals surface area contributed by atoms with Gasteiger partial charge >= 0.3 is 0 Å². The second-order valence-electron chi connectivity index (χ2n) is 4.24. The monoisotopic (exact) mass is 260 g/mol. The lowest BCUT2D eigenvalue weighted by atomic mass is 10.1. The van der Waals surface area contributed by atoms with Gasteiger partial charge in [-0.1, -0.05) is 6.92 Å². The Bertz CT molecular complexity index is 584. The number of hydrogen-bond donors (Lipinski definition) is 2. The number of methoxy groups -OCH3 is 1. The van der Waals surface area contributed by atoms with Crippen molar-refractivity contribution in [1.29, 1.82) is 0 Å². The second-order valence-corrected chi connectivity index (χ2v) is 4.24. The van der Waals surface area contributed by atoms with Crippen LogP contribution in [0.3, 0.4) is 0 Å². The van der Waals surface area contributed by atoms with Crippen molar-refractivity contribution in [3.63, 3.8) is 0 Å². The molecule has 4 heteroatoms. The minimum absolute atomic E-state index is 0.148. The predicted octanol–water partition coefficient (Wildman–Crippen LogP) is 3.72. The molecule has 2 aromatic rings. The first-order chi connectivity index (χ1) is 9.13. The predicted molar refractivity (Wildman–Crippen MR) is 76.5 cm³/mol. The van der Waals surface area contributed by atoms with Crippen LogP contribution in [0.25, 0.3) is 0 Å². The van der Waals surface area contributed by atoms with Crippen molar-refractivity contribution in [2.24, 2.45) is 0 Å². The van der Waals surface area contributed by atoms with Crippen LogP contribution in [0.15, 0.2) is 36.4 Å². The Kier molecular flexibility index (Phi) is 3.90. The van der Waals surface area contributed by atoms with E-state index in [1.165, 1.54) is 6.07 Å². The molecule has 0 saturated heterocycles. The van der Waals surface area contributed by atoms with E-state index in [2.05, 4.69) is 12.2 Å². The highest BCUT2D eigenvalue weighted by Crippen LogP contribution is 2.26. The average Bonchev–Trinajstić information content (AvgIpc) is 2.43. The third-order valence-electron chi connectivity index (χ3n) is 2.95. The summed E-state index contributed by atoms with van der Waals surface area (Å²) >= 11 is 0. The van der Waals surface area contributed by atoms with Crippen molar-refractivity contribution >= 4 is 17.1 Å². The molecule has 0 saturated carbocycles. The lowest BCUT2D eigenvalue weighted by Gasteiger charge is -2.11. The van der Waals surface area contributed by atoms with Crippen LogP contribution >= 0.6 is 0 Å². The Morgan fingerprint density at radius 3 is 2.47 bits per heavy atom. The largest absolute Gasteiger partial charge is 0.496 e. The molecule has 0 aliphatic carbocycles. The van der Waals surface area contributed by atoms with E-state index in [0.717, 1.165) is 23.4 Å². The molecule has 0 atom stereocenters. The minimum atomic E-state index is -0.422. The normalized spacial score (nSPS) is 10.3. The second kappa shape index (κ2) is 5.61. The lowest BCUT2D eigenvalue weighted by Crippen LogP contribution is -1.96. The number of ether oxygens (including phenoxy) is 1. The molecule has 3 N–H and O–H groups in total. The van der Waals surface area contributed by atoms with E-state index in [-0.39, 0.29) is 5.69 Å². The summed E-state index contributed by atoms with van der Waals surface area (Å²) in [7, 11) is 1.65. The van der Waals surface area contributed by atoms with Gasteiger partial charge in [0.25, 0.3) is 0 Å². The standard InChI is InChI=1S/C15H17FN2O/c1-3-10-8-11(5-7-15(10)19-2)18-12-4-6-14(17)13(16)9-12/h4-9,18H,3,17H2,1-2H3. The molecule has 2 rings (SSSR count). The summed E-state index contributed by atoms with van der Waals surface area (Å²) in [6.45, 7) is 2.06. The number of nitrogens with two attached hydrogens (primary N) is 1. The molecule has 2 aromatic carbocycles. The quantitative estimate of drug-likeness (QED) is 0.823. The molecule has 0 spiro atoms. The van der Waals surface area contributed by atoms with Crippen molar-refractivity contribution in [3.8, 4) is 5.75 Å². The molecule has 100 valence electrons. The molecule has 0 unspecified atom stereocenters. The molecular formula is C15H17FN2O. The zero-order chi connectivity index (χ0) is 13.8. The Labute approximate surface area is 112 Å². The number of rotatable bonds is 4. The van der Waals surface area contributed by atoms with Crippen molar-refractivity contribution in [2.45, 2.75) is 13.3 Å². The van der Waals surface area contributed by atoms with E-state index in [0.29, 0.717) is 5.69 Å². The molecule has 0 aromatic heterocycles. The number of anilines is 3. The summed E-state index contributed by atoms with van der Waals surface area (Å²) < 4.78 is 18.6. The van der Waals surface area contributed by atoms with Crippen LogP contribution < -0.4 is 15.8 Å². The van der Waals surface area contributed by atoms with Crippen LogP contribution in [-0.4, -0.2) is 7.11 Å². The van der Waals surface area contributed by atoms with Crippen molar-refractivity contribution in [2.75, 3.05) is 18.2 Å². The van der Waals surface area contributed by atoms with Crippen LogP contribution in [0.1, 0.15) is 12.5 Å². The fraction of sp³-hybridized carbons (Fsp3) is 0.200. The topological polar surface area (TPSA) is 47.3 Å². The molecule has 0 radical (unpaired) electrons. The molecular weight excluding hydrogens is 243 g/mol. The maximum atomic E-state index is 13.4. The van der Waals surface area contributed by atoms with E-state index in [1.807, 2.05) is 18.2 Å². The summed E-state index contributed by atoms with van der Waals surface area (Å²) in [4.78, 5) is 0. The van der Waals surface area contributed by atoms with E-state index < -0.39 is 5.82 Å². The first kappa shape index (κ1) is 13.2. The van der Waals surface area contributed by atoms with Gasteiger partial charge in [0.15, 0.2) is 0 Å². The van der Waals surface area contributed by atoms with Crippen LogP contribution in [0, 0.1) is 5.82 Å². The Hall–Kier alpha value is -2.23. The average molecular weight is 260 g/mol. The SMILES string of the molecule is CCc1cc(Nc2ccc(N)c(F)c2)ccc1OC. The first-order valence-electron chi connectivity index (χ1n) is 6.13. The molecule has 0 aliphatic heterocycles. The Morgan fingerprint density at radius 1 is 1.16 bits per heavy atom. The Morgan fingerprint density at radius 2 is 1.84 bits per heavy atom. The summed E-state index contributed by atoms with van der Waals surface area (Å²) in [5, 5.41) is 3.15. The van der Waals surface area contributed by atoms with E-state index in [4.69, 9.17) is 10.5 Å². The van der Waals surface area contributed by atoms with Gasteiger partial charge in [-0.2, -0.15) is 0 Å².